The second-order valence-corrected chi connectivity index (χ2v) is 6.57. The van der Waals surface area contributed by atoms with Gasteiger partial charge in [0.2, 0.25) is 0 Å². The molecule has 6 nitrogen and oxygen atoms in total. The fourth-order valence-corrected chi connectivity index (χ4v) is 3.01. The molecule has 1 aliphatic heterocycles. The van der Waals surface area contributed by atoms with Crippen molar-refractivity contribution in [2.75, 3.05) is 7.05 Å². The summed E-state index contributed by atoms with van der Waals surface area (Å²) in [5.41, 5.74) is 0.417. The number of rotatable bonds is 3. The van der Waals surface area contributed by atoms with E-state index in [0.29, 0.717) is 19.9 Å². The van der Waals surface area contributed by atoms with Gasteiger partial charge in [0.1, 0.15) is 6.10 Å². The molecule has 9 heteroatoms. The zero-order chi connectivity index (χ0) is 15.1. The number of hydrogen-bond donors (Lipinski definition) is 1. The molecule has 1 heterocycles. The molecule has 20 heavy (non-hydrogen) atoms. The van der Waals surface area contributed by atoms with E-state index < -0.39 is 28.9 Å². The largest absolute Gasteiger partial charge is 0.341 e. The van der Waals surface area contributed by atoms with Gasteiger partial charge in [0, 0.05) is 22.7 Å². The summed E-state index contributed by atoms with van der Waals surface area (Å²) < 4.78 is 43.2. The van der Waals surface area contributed by atoms with Crippen LogP contribution in [0.15, 0.2) is 18.2 Å². The molecule has 0 saturated carbocycles. The number of nitrogens with zero attached hydrogens (tertiary/aromatic N) is 1. The number of ether oxygens (including phenoxy) is 2. The molecule has 0 bridgehead atoms. The third-order valence-electron chi connectivity index (χ3n) is 2.93. The zero-order valence-electron chi connectivity index (χ0n) is 10.7. The molecular weight excluding hydrogens is 329 g/mol. The summed E-state index contributed by atoms with van der Waals surface area (Å²) in [6.45, 7) is 1.61. The van der Waals surface area contributed by atoms with E-state index in [1.807, 2.05) is 0 Å². The Labute approximate surface area is 127 Å². The first kappa shape index (κ1) is 16.0. The van der Waals surface area contributed by atoms with Gasteiger partial charge in [-0.2, -0.15) is 12.7 Å². The van der Waals surface area contributed by atoms with E-state index in [0.717, 1.165) is 0 Å². The van der Waals surface area contributed by atoms with E-state index in [4.69, 9.17) is 37.2 Å². The summed E-state index contributed by atoms with van der Waals surface area (Å²) in [6, 6.07) is 4.88. The first-order valence-corrected chi connectivity index (χ1v) is 7.82. The van der Waals surface area contributed by atoms with Crippen molar-refractivity contribution in [3.05, 3.63) is 33.8 Å². The predicted octanol–water partition coefficient (Wildman–Crippen LogP) is 2.49. The van der Waals surface area contributed by atoms with Gasteiger partial charge in [0.05, 0.1) is 0 Å². The summed E-state index contributed by atoms with van der Waals surface area (Å²) in [7, 11) is -3.25. The van der Waals surface area contributed by atoms with Crippen molar-refractivity contribution >= 4 is 33.5 Å². The first-order valence-electron chi connectivity index (χ1n) is 5.67. The van der Waals surface area contributed by atoms with E-state index in [9.17, 15) is 8.42 Å². The second-order valence-electron chi connectivity index (χ2n) is 4.28. The van der Waals surface area contributed by atoms with Crippen LogP contribution in [0, 0.1) is 0 Å². The van der Waals surface area contributed by atoms with E-state index in [-0.39, 0.29) is 0 Å². The van der Waals surface area contributed by atoms with Crippen molar-refractivity contribution in [3.63, 3.8) is 0 Å². The molecule has 3 unspecified atom stereocenters. The molecule has 1 aromatic rings. The van der Waals surface area contributed by atoms with Gasteiger partial charge in [-0.3, -0.25) is 4.55 Å². The number of likely N-dealkylation sites (N-methyl/N-ethyl adjacent to an activating group) is 1. The lowest BCUT2D eigenvalue weighted by Crippen LogP contribution is -2.39. The zero-order valence-corrected chi connectivity index (χ0v) is 13.0. The standard InChI is InChI=1S/C11H13Cl2NO5S/c1-6-18-10(9-7(12)4-3-5-8(9)13)11(19-6)14(2)20(15,16)17/h3-6,10-11H,1-2H3,(H,15,16,17). The van der Waals surface area contributed by atoms with Crippen molar-refractivity contribution < 1.29 is 22.4 Å². The van der Waals surface area contributed by atoms with Gasteiger partial charge in [-0.25, -0.2) is 0 Å². The van der Waals surface area contributed by atoms with E-state index in [1.54, 1.807) is 25.1 Å². The summed E-state index contributed by atoms with van der Waals surface area (Å²) in [6.07, 6.45) is -2.56. The molecule has 1 fully saturated rings. The van der Waals surface area contributed by atoms with Crippen LogP contribution in [0.25, 0.3) is 0 Å². The Morgan fingerprint density at radius 3 is 2.30 bits per heavy atom. The molecule has 0 radical (unpaired) electrons. The van der Waals surface area contributed by atoms with Crippen molar-refractivity contribution in [2.45, 2.75) is 25.5 Å². The van der Waals surface area contributed by atoms with E-state index in [2.05, 4.69) is 0 Å². The van der Waals surface area contributed by atoms with E-state index in [1.165, 1.54) is 7.05 Å². The molecule has 112 valence electrons. The third-order valence-corrected chi connectivity index (χ3v) is 4.53. The van der Waals surface area contributed by atoms with Gasteiger partial charge >= 0.3 is 10.3 Å². The van der Waals surface area contributed by atoms with Crippen LogP contribution in [0.4, 0.5) is 0 Å². The SMILES string of the molecule is CC1OC(c2c(Cl)cccc2Cl)C(N(C)S(=O)(=O)O)O1. The molecule has 0 aliphatic carbocycles. The van der Waals surface area contributed by atoms with Crippen LogP contribution in [-0.2, 0) is 19.8 Å². The van der Waals surface area contributed by atoms with Gasteiger partial charge < -0.3 is 9.47 Å². The average Bonchev–Trinajstić information content (AvgIpc) is 2.68. The van der Waals surface area contributed by atoms with Crippen LogP contribution in [-0.4, -0.2) is 36.8 Å². The molecule has 1 saturated heterocycles. The minimum atomic E-state index is -4.43. The van der Waals surface area contributed by atoms with Crippen molar-refractivity contribution in [3.8, 4) is 0 Å². The van der Waals surface area contributed by atoms with Crippen LogP contribution < -0.4 is 0 Å². The number of benzene rings is 1. The highest BCUT2D eigenvalue weighted by Crippen LogP contribution is 2.41. The molecule has 1 aromatic carbocycles. The Morgan fingerprint density at radius 1 is 1.25 bits per heavy atom. The summed E-state index contributed by atoms with van der Waals surface area (Å²) in [5.74, 6) is 0. The fourth-order valence-electron chi connectivity index (χ4n) is 1.97. The Balaban J connectivity index is 2.44. The molecule has 1 aliphatic rings. The Hall–Kier alpha value is -0.410. The maximum atomic E-state index is 11.3. The van der Waals surface area contributed by atoms with Crippen LogP contribution in [0.3, 0.4) is 0 Å². The molecule has 0 spiro atoms. The fraction of sp³-hybridized carbons (Fsp3) is 0.455. The molecule has 3 atom stereocenters. The van der Waals surface area contributed by atoms with Gasteiger partial charge in [0.15, 0.2) is 12.5 Å². The second kappa shape index (κ2) is 5.76. The Bertz CT molecular complexity index is 589. The molecule has 0 aromatic heterocycles. The lowest BCUT2D eigenvalue weighted by molar-refractivity contribution is -0.0637. The monoisotopic (exact) mass is 341 g/mol. The van der Waals surface area contributed by atoms with Crippen molar-refractivity contribution in [1.82, 2.24) is 4.31 Å². The van der Waals surface area contributed by atoms with E-state index >= 15 is 0 Å². The Kier molecular flexibility index (Phi) is 4.60. The van der Waals surface area contributed by atoms with Crippen LogP contribution in [0.1, 0.15) is 18.6 Å². The normalized spacial score (nSPS) is 27.2. The van der Waals surface area contributed by atoms with Crippen molar-refractivity contribution in [1.29, 1.82) is 0 Å². The van der Waals surface area contributed by atoms with Gasteiger partial charge in [-0.15, -0.1) is 0 Å². The van der Waals surface area contributed by atoms with Crippen LogP contribution in [0.2, 0.25) is 10.0 Å². The smallest absolute Gasteiger partial charge is 0.337 e. The topological polar surface area (TPSA) is 76.1 Å². The highest BCUT2D eigenvalue weighted by molar-refractivity contribution is 7.83. The summed E-state index contributed by atoms with van der Waals surface area (Å²) in [4.78, 5) is 0. The minimum absolute atomic E-state index is 0.328. The quantitative estimate of drug-likeness (QED) is 0.854. The molecular formula is C11H13Cl2NO5S. The third kappa shape index (κ3) is 3.09. The summed E-state index contributed by atoms with van der Waals surface area (Å²) >= 11 is 12.2. The number of halogens is 2. The first-order chi connectivity index (χ1) is 9.21. The summed E-state index contributed by atoms with van der Waals surface area (Å²) in [5, 5.41) is 0.655. The highest BCUT2D eigenvalue weighted by Gasteiger charge is 2.43. The average molecular weight is 342 g/mol. The predicted molar refractivity (Wildman–Crippen MR) is 73.9 cm³/mol. The lowest BCUT2D eigenvalue weighted by atomic mass is 10.1. The van der Waals surface area contributed by atoms with Crippen LogP contribution in [0.5, 0.6) is 0 Å². The number of hydrogen-bond acceptors (Lipinski definition) is 4. The maximum Gasteiger partial charge on any atom is 0.337 e. The molecule has 1 N–H and O–H groups in total. The van der Waals surface area contributed by atoms with Gasteiger partial charge in [-0.05, 0) is 19.1 Å². The lowest BCUT2D eigenvalue weighted by Gasteiger charge is -2.25. The Morgan fingerprint density at radius 2 is 1.80 bits per heavy atom. The minimum Gasteiger partial charge on any atom is -0.341 e. The van der Waals surface area contributed by atoms with Crippen molar-refractivity contribution in [2.24, 2.45) is 0 Å². The maximum absolute atomic E-state index is 11.3. The van der Waals surface area contributed by atoms with Crippen LogP contribution >= 0.6 is 23.2 Å². The molecule has 0 amide bonds. The highest BCUT2D eigenvalue weighted by atomic mass is 35.5. The van der Waals surface area contributed by atoms with Gasteiger partial charge in [-0.1, -0.05) is 29.3 Å². The molecule has 2 rings (SSSR count). The van der Waals surface area contributed by atoms with Gasteiger partial charge in [0.25, 0.3) is 0 Å².